The second-order valence-electron chi connectivity index (χ2n) is 4.99. The molecule has 0 atom stereocenters. The average molecular weight is 337 g/mol. The highest BCUT2D eigenvalue weighted by atomic mass is 35.5. The van der Waals surface area contributed by atoms with Crippen molar-refractivity contribution in [2.75, 3.05) is 6.54 Å². The number of amides is 2. The van der Waals surface area contributed by atoms with Crippen LogP contribution < -0.4 is 10.6 Å². The van der Waals surface area contributed by atoms with Gasteiger partial charge in [0.05, 0.1) is 6.61 Å². The third-order valence-electron chi connectivity index (χ3n) is 3.45. The maximum atomic E-state index is 13.6. The molecule has 0 aliphatic carbocycles. The van der Waals surface area contributed by atoms with Gasteiger partial charge < -0.3 is 15.7 Å². The van der Waals surface area contributed by atoms with Crippen LogP contribution in [0.4, 0.5) is 9.18 Å². The van der Waals surface area contributed by atoms with Crippen molar-refractivity contribution in [2.45, 2.75) is 19.6 Å². The Hall–Kier alpha value is -2.11. The SMILES string of the molecule is O=C(NCCc1c(F)cccc1Cl)NCc1ccccc1CO. The van der Waals surface area contributed by atoms with Gasteiger partial charge in [-0.25, -0.2) is 9.18 Å². The van der Waals surface area contributed by atoms with E-state index in [4.69, 9.17) is 11.6 Å². The van der Waals surface area contributed by atoms with Crippen LogP contribution in [0.1, 0.15) is 16.7 Å². The summed E-state index contributed by atoms with van der Waals surface area (Å²) in [6, 6.07) is 11.4. The van der Waals surface area contributed by atoms with Gasteiger partial charge in [-0.15, -0.1) is 0 Å². The van der Waals surface area contributed by atoms with Gasteiger partial charge in [0.1, 0.15) is 5.82 Å². The average Bonchev–Trinajstić information content (AvgIpc) is 2.56. The third kappa shape index (κ3) is 4.94. The summed E-state index contributed by atoms with van der Waals surface area (Å²) in [5.41, 5.74) is 2.01. The van der Waals surface area contributed by atoms with Gasteiger partial charge in [0.25, 0.3) is 0 Å². The number of urea groups is 1. The van der Waals surface area contributed by atoms with Gasteiger partial charge in [0.2, 0.25) is 0 Å². The first kappa shape index (κ1) is 17.2. The van der Waals surface area contributed by atoms with Crippen molar-refractivity contribution < 1.29 is 14.3 Å². The Morgan fingerprint density at radius 2 is 1.83 bits per heavy atom. The Labute approximate surface area is 139 Å². The van der Waals surface area contributed by atoms with E-state index in [-0.39, 0.29) is 25.0 Å². The largest absolute Gasteiger partial charge is 0.392 e. The van der Waals surface area contributed by atoms with E-state index in [1.54, 1.807) is 18.2 Å². The molecule has 0 saturated heterocycles. The zero-order valence-corrected chi connectivity index (χ0v) is 13.2. The number of hydrogen-bond acceptors (Lipinski definition) is 2. The highest BCUT2D eigenvalue weighted by Crippen LogP contribution is 2.18. The van der Waals surface area contributed by atoms with E-state index in [2.05, 4.69) is 10.6 Å². The van der Waals surface area contributed by atoms with E-state index >= 15 is 0 Å². The second kappa shape index (κ2) is 8.50. The van der Waals surface area contributed by atoms with Gasteiger partial charge in [0, 0.05) is 23.7 Å². The lowest BCUT2D eigenvalue weighted by molar-refractivity contribution is 0.240. The molecule has 0 aliphatic rings. The minimum atomic E-state index is -0.378. The quantitative estimate of drug-likeness (QED) is 0.759. The van der Waals surface area contributed by atoms with Gasteiger partial charge >= 0.3 is 6.03 Å². The van der Waals surface area contributed by atoms with Crippen molar-refractivity contribution in [3.05, 3.63) is 70.0 Å². The molecule has 0 radical (unpaired) electrons. The van der Waals surface area contributed by atoms with Crippen LogP contribution in [-0.2, 0) is 19.6 Å². The van der Waals surface area contributed by atoms with E-state index in [0.29, 0.717) is 23.6 Å². The Balaban J connectivity index is 1.79. The number of carbonyl (C=O) groups is 1. The van der Waals surface area contributed by atoms with Crippen LogP contribution >= 0.6 is 11.6 Å². The lowest BCUT2D eigenvalue weighted by Gasteiger charge is -2.11. The number of rotatable bonds is 6. The summed E-state index contributed by atoms with van der Waals surface area (Å²) >= 11 is 5.93. The molecule has 0 unspecified atom stereocenters. The number of hydrogen-bond donors (Lipinski definition) is 3. The molecule has 4 nitrogen and oxygen atoms in total. The molecule has 0 heterocycles. The lowest BCUT2D eigenvalue weighted by atomic mass is 10.1. The Kier molecular flexibility index (Phi) is 6.38. The maximum absolute atomic E-state index is 13.6. The summed E-state index contributed by atoms with van der Waals surface area (Å²) in [6.07, 6.45) is 0.312. The fourth-order valence-electron chi connectivity index (χ4n) is 2.19. The molecule has 0 aromatic heterocycles. The number of benzene rings is 2. The van der Waals surface area contributed by atoms with Crippen LogP contribution in [0.2, 0.25) is 5.02 Å². The van der Waals surface area contributed by atoms with Crippen LogP contribution in [0.3, 0.4) is 0 Å². The van der Waals surface area contributed by atoms with Gasteiger partial charge in [0.15, 0.2) is 0 Å². The van der Waals surface area contributed by atoms with Crippen LogP contribution in [0.5, 0.6) is 0 Å². The number of aliphatic hydroxyl groups excluding tert-OH is 1. The van der Waals surface area contributed by atoms with Crippen molar-refractivity contribution in [1.29, 1.82) is 0 Å². The molecule has 6 heteroatoms. The molecule has 0 spiro atoms. The molecule has 0 fully saturated rings. The summed E-state index contributed by atoms with van der Waals surface area (Å²) in [7, 11) is 0. The number of halogens is 2. The molecule has 2 rings (SSSR count). The third-order valence-corrected chi connectivity index (χ3v) is 3.80. The van der Waals surface area contributed by atoms with Crippen LogP contribution in [0, 0.1) is 5.82 Å². The highest BCUT2D eigenvalue weighted by molar-refractivity contribution is 6.31. The van der Waals surface area contributed by atoms with Gasteiger partial charge in [-0.2, -0.15) is 0 Å². The zero-order valence-electron chi connectivity index (χ0n) is 12.5. The van der Waals surface area contributed by atoms with E-state index in [9.17, 15) is 14.3 Å². The maximum Gasteiger partial charge on any atom is 0.315 e. The fourth-order valence-corrected chi connectivity index (χ4v) is 2.45. The molecular formula is C17H18ClFN2O2. The van der Waals surface area contributed by atoms with Crippen LogP contribution in [0.15, 0.2) is 42.5 Å². The van der Waals surface area contributed by atoms with Gasteiger partial charge in [-0.05, 0) is 29.7 Å². The van der Waals surface area contributed by atoms with Crippen molar-refractivity contribution in [3.8, 4) is 0 Å². The summed E-state index contributed by atoms with van der Waals surface area (Å²) in [6.45, 7) is 0.502. The lowest BCUT2D eigenvalue weighted by Crippen LogP contribution is -2.36. The Morgan fingerprint density at radius 3 is 2.52 bits per heavy atom. The van der Waals surface area contributed by atoms with E-state index < -0.39 is 0 Å². The molecule has 0 saturated carbocycles. The van der Waals surface area contributed by atoms with E-state index in [1.165, 1.54) is 6.07 Å². The first-order chi connectivity index (χ1) is 11.1. The summed E-state index contributed by atoms with van der Waals surface area (Å²) < 4.78 is 13.6. The standard InChI is InChI=1S/C17H18ClFN2O2/c18-15-6-3-7-16(19)14(15)8-9-20-17(23)21-10-12-4-1-2-5-13(12)11-22/h1-7,22H,8-11H2,(H2,20,21,23). The topological polar surface area (TPSA) is 61.4 Å². The molecule has 23 heavy (non-hydrogen) atoms. The summed E-state index contributed by atoms with van der Waals surface area (Å²) in [5, 5.41) is 14.9. The van der Waals surface area contributed by atoms with Crippen LogP contribution in [0.25, 0.3) is 0 Å². The van der Waals surface area contributed by atoms with E-state index in [1.807, 2.05) is 18.2 Å². The Morgan fingerprint density at radius 1 is 1.09 bits per heavy atom. The fraction of sp³-hybridized carbons (Fsp3) is 0.235. The van der Waals surface area contributed by atoms with Crippen LogP contribution in [-0.4, -0.2) is 17.7 Å². The molecule has 3 N–H and O–H groups in total. The summed E-state index contributed by atoms with van der Waals surface area (Å²) in [5.74, 6) is -0.378. The minimum absolute atomic E-state index is 0.0781. The van der Waals surface area contributed by atoms with Crippen molar-refractivity contribution in [1.82, 2.24) is 10.6 Å². The predicted molar refractivity (Wildman–Crippen MR) is 87.7 cm³/mol. The molecule has 0 bridgehead atoms. The molecule has 2 aromatic rings. The smallest absolute Gasteiger partial charge is 0.315 e. The minimum Gasteiger partial charge on any atom is -0.392 e. The normalized spacial score (nSPS) is 10.4. The monoisotopic (exact) mass is 336 g/mol. The van der Waals surface area contributed by atoms with Crippen molar-refractivity contribution in [3.63, 3.8) is 0 Å². The Bertz CT molecular complexity index is 659. The van der Waals surface area contributed by atoms with Crippen molar-refractivity contribution in [2.24, 2.45) is 0 Å². The first-order valence-electron chi connectivity index (χ1n) is 7.24. The molecular weight excluding hydrogens is 319 g/mol. The highest BCUT2D eigenvalue weighted by Gasteiger charge is 2.08. The van der Waals surface area contributed by atoms with Crippen molar-refractivity contribution >= 4 is 17.6 Å². The summed E-state index contributed by atoms with van der Waals surface area (Å²) in [4.78, 5) is 11.8. The molecule has 2 amide bonds. The number of nitrogens with one attached hydrogen (secondary N) is 2. The van der Waals surface area contributed by atoms with E-state index in [0.717, 1.165) is 11.1 Å². The van der Waals surface area contributed by atoms with Gasteiger partial charge in [-0.1, -0.05) is 41.9 Å². The number of aliphatic hydroxyl groups is 1. The molecule has 0 aliphatic heterocycles. The number of carbonyl (C=O) groups excluding carboxylic acids is 1. The first-order valence-corrected chi connectivity index (χ1v) is 7.62. The van der Waals surface area contributed by atoms with Gasteiger partial charge in [-0.3, -0.25) is 0 Å². The predicted octanol–water partition coefficient (Wildman–Crippen LogP) is 3.01. The zero-order chi connectivity index (χ0) is 16.7. The molecule has 122 valence electrons. The second-order valence-corrected chi connectivity index (χ2v) is 5.39. The molecule has 2 aromatic carbocycles.